The Morgan fingerprint density at radius 1 is 1.20 bits per heavy atom. The van der Waals surface area contributed by atoms with Gasteiger partial charge in [0, 0.05) is 13.1 Å². The Morgan fingerprint density at radius 2 is 1.80 bits per heavy atom. The quantitative estimate of drug-likeness (QED) is 0.676. The second kappa shape index (κ2) is 8.79. The van der Waals surface area contributed by atoms with Crippen molar-refractivity contribution in [1.82, 2.24) is 15.1 Å². The van der Waals surface area contributed by atoms with Crippen LogP contribution in [0.2, 0.25) is 0 Å². The highest BCUT2D eigenvalue weighted by Gasteiger charge is 2.34. The topological polar surface area (TPSA) is 72.9 Å². The van der Waals surface area contributed by atoms with Crippen LogP contribution in [0.4, 0.5) is 4.79 Å². The van der Waals surface area contributed by atoms with Crippen molar-refractivity contribution in [3.8, 4) is 0 Å². The number of nitrogens with zero attached hydrogens (tertiary/aromatic N) is 2. The van der Waals surface area contributed by atoms with Crippen LogP contribution in [0, 0.1) is 0 Å². The molecule has 20 heavy (non-hydrogen) atoms. The number of hydrogen-bond acceptors (Lipinski definition) is 3. The van der Waals surface area contributed by atoms with Crippen molar-refractivity contribution in [2.75, 3.05) is 33.7 Å². The summed E-state index contributed by atoms with van der Waals surface area (Å²) < 4.78 is 0. The fourth-order valence-corrected chi connectivity index (χ4v) is 2.02. The number of carboxylic acids is 1. The first-order chi connectivity index (χ1) is 9.26. The molecule has 0 aliphatic rings. The molecule has 0 bridgehead atoms. The predicted molar refractivity (Wildman–Crippen MR) is 79.9 cm³/mol. The van der Waals surface area contributed by atoms with Gasteiger partial charge in [0.15, 0.2) is 0 Å². The Morgan fingerprint density at radius 3 is 2.20 bits per heavy atom. The van der Waals surface area contributed by atoms with Gasteiger partial charge in [0.2, 0.25) is 0 Å². The number of amides is 2. The summed E-state index contributed by atoms with van der Waals surface area (Å²) in [6.07, 6.45) is 1.99. The standard InChI is InChI=1S/C14H29N3O3/c1-6-9-14(3,12(18)19)15-13(20)17(7-2)11-8-10-16(4)5/h6-11H2,1-5H3,(H,15,20)(H,18,19). The van der Waals surface area contributed by atoms with E-state index >= 15 is 0 Å². The Kier molecular flexibility index (Phi) is 8.22. The van der Waals surface area contributed by atoms with E-state index in [0.717, 1.165) is 13.0 Å². The molecule has 6 heteroatoms. The van der Waals surface area contributed by atoms with E-state index < -0.39 is 11.5 Å². The van der Waals surface area contributed by atoms with Gasteiger partial charge in [0.1, 0.15) is 5.54 Å². The van der Waals surface area contributed by atoms with Crippen molar-refractivity contribution in [2.45, 2.75) is 45.6 Å². The summed E-state index contributed by atoms with van der Waals surface area (Å²) in [5, 5.41) is 11.9. The van der Waals surface area contributed by atoms with Crippen molar-refractivity contribution < 1.29 is 14.7 Å². The molecular formula is C14H29N3O3. The summed E-state index contributed by atoms with van der Waals surface area (Å²) >= 11 is 0. The predicted octanol–water partition coefficient (Wildman–Crippen LogP) is 1.61. The van der Waals surface area contributed by atoms with Crippen LogP contribution in [0.1, 0.15) is 40.0 Å². The number of rotatable bonds is 9. The molecule has 0 heterocycles. The van der Waals surface area contributed by atoms with Crippen LogP contribution >= 0.6 is 0 Å². The van der Waals surface area contributed by atoms with Gasteiger partial charge >= 0.3 is 12.0 Å². The molecular weight excluding hydrogens is 258 g/mol. The lowest BCUT2D eigenvalue weighted by Gasteiger charge is -2.30. The third kappa shape index (κ3) is 6.23. The Balaban J connectivity index is 4.55. The van der Waals surface area contributed by atoms with Gasteiger partial charge in [0.25, 0.3) is 0 Å². The molecule has 0 aliphatic heterocycles. The highest BCUT2D eigenvalue weighted by Crippen LogP contribution is 2.13. The molecule has 0 rings (SSSR count). The van der Waals surface area contributed by atoms with Crippen LogP contribution in [0.15, 0.2) is 0 Å². The van der Waals surface area contributed by atoms with Gasteiger partial charge in [0.05, 0.1) is 0 Å². The lowest BCUT2D eigenvalue weighted by molar-refractivity contribution is -0.144. The lowest BCUT2D eigenvalue weighted by atomic mass is 9.96. The number of carbonyl (C=O) groups excluding carboxylic acids is 1. The van der Waals surface area contributed by atoms with Crippen molar-refractivity contribution in [1.29, 1.82) is 0 Å². The number of hydrogen-bond donors (Lipinski definition) is 2. The lowest BCUT2D eigenvalue weighted by Crippen LogP contribution is -2.56. The number of carbonyl (C=O) groups is 2. The normalized spacial score (nSPS) is 13.9. The van der Waals surface area contributed by atoms with Crippen molar-refractivity contribution in [3.05, 3.63) is 0 Å². The molecule has 0 fully saturated rings. The van der Waals surface area contributed by atoms with Crippen LogP contribution in [0.5, 0.6) is 0 Å². The highest BCUT2D eigenvalue weighted by molar-refractivity contribution is 5.85. The maximum absolute atomic E-state index is 12.2. The van der Waals surface area contributed by atoms with Gasteiger partial charge in [-0.25, -0.2) is 9.59 Å². The first-order valence-electron chi connectivity index (χ1n) is 7.22. The van der Waals surface area contributed by atoms with E-state index in [1.54, 1.807) is 11.8 Å². The zero-order valence-electron chi connectivity index (χ0n) is 13.4. The minimum absolute atomic E-state index is 0.301. The van der Waals surface area contributed by atoms with E-state index in [4.69, 9.17) is 0 Å². The van der Waals surface area contributed by atoms with E-state index in [1.165, 1.54) is 0 Å². The molecule has 0 aromatic heterocycles. The van der Waals surface area contributed by atoms with E-state index in [9.17, 15) is 14.7 Å². The van der Waals surface area contributed by atoms with E-state index in [1.807, 2.05) is 27.9 Å². The largest absolute Gasteiger partial charge is 0.480 e. The minimum Gasteiger partial charge on any atom is -0.480 e. The van der Waals surface area contributed by atoms with Gasteiger partial charge in [-0.2, -0.15) is 0 Å². The molecule has 118 valence electrons. The van der Waals surface area contributed by atoms with Crippen LogP contribution in [0.25, 0.3) is 0 Å². The Bertz CT molecular complexity index is 321. The third-order valence-corrected chi connectivity index (χ3v) is 3.31. The average molecular weight is 287 g/mol. The maximum Gasteiger partial charge on any atom is 0.329 e. The summed E-state index contributed by atoms with van der Waals surface area (Å²) in [5.41, 5.74) is -1.19. The number of carboxylic acid groups (broad SMARTS) is 1. The Labute approximate surface area is 122 Å². The fraction of sp³-hybridized carbons (Fsp3) is 0.857. The molecule has 6 nitrogen and oxygen atoms in total. The number of nitrogens with one attached hydrogen (secondary N) is 1. The van der Waals surface area contributed by atoms with Gasteiger partial charge in [-0.05, 0) is 47.3 Å². The van der Waals surface area contributed by atoms with Gasteiger partial charge in [-0.15, -0.1) is 0 Å². The molecule has 1 atom stereocenters. The zero-order valence-corrected chi connectivity index (χ0v) is 13.4. The van der Waals surface area contributed by atoms with E-state index in [-0.39, 0.29) is 6.03 Å². The van der Waals surface area contributed by atoms with E-state index in [0.29, 0.717) is 25.9 Å². The molecule has 0 spiro atoms. The SMILES string of the molecule is CCCC(C)(NC(=O)N(CC)CCCN(C)C)C(=O)O. The first kappa shape index (κ1) is 18.7. The summed E-state index contributed by atoms with van der Waals surface area (Å²) in [4.78, 5) is 27.2. The van der Waals surface area contributed by atoms with Crippen LogP contribution in [-0.4, -0.2) is 66.2 Å². The molecule has 1 unspecified atom stereocenters. The second-order valence-electron chi connectivity index (χ2n) is 5.55. The summed E-state index contributed by atoms with van der Waals surface area (Å²) in [5.74, 6) is -0.989. The summed E-state index contributed by atoms with van der Waals surface area (Å²) in [6, 6.07) is -0.301. The van der Waals surface area contributed by atoms with Gasteiger partial charge in [-0.1, -0.05) is 13.3 Å². The second-order valence-corrected chi connectivity index (χ2v) is 5.55. The van der Waals surface area contributed by atoms with Gasteiger partial charge in [-0.3, -0.25) is 0 Å². The molecule has 2 N–H and O–H groups in total. The number of urea groups is 1. The molecule has 0 aromatic rings. The molecule has 0 saturated heterocycles. The van der Waals surface area contributed by atoms with Crippen molar-refractivity contribution >= 4 is 12.0 Å². The average Bonchev–Trinajstić information content (AvgIpc) is 2.34. The third-order valence-electron chi connectivity index (χ3n) is 3.31. The molecule has 0 aromatic carbocycles. The summed E-state index contributed by atoms with van der Waals surface area (Å²) in [7, 11) is 3.97. The van der Waals surface area contributed by atoms with Crippen LogP contribution in [0.3, 0.4) is 0 Å². The molecule has 0 saturated carbocycles. The fourth-order valence-electron chi connectivity index (χ4n) is 2.02. The highest BCUT2D eigenvalue weighted by atomic mass is 16.4. The molecule has 0 aliphatic carbocycles. The van der Waals surface area contributed by atoms with E-state index in [2.05, 4.69) is 10.2 Å². The minimum atomic E-state index is -1.19. The first-order valence-corrected chi connectivity index (χ1v) is 7.22. The summed E-state index contributed by atoms with van der Waals surface area (Å²) in [6.45, 7) is 7.46. The Hall–Kier alpha value is -1.30. The monoisotopic (exact) mass is 287 g/mol. The number of aliphatic carboxylic acids is 1. The smallest absolute Gasteiger partial charge is 0.329 e. The molecule has 0 radical (unpaired) electrons. The maximum atomic E-state index is 12.2. The zero-order chi connectivity index (χ0) is 15.8. The van der Waals surface area contributed by atoms with Crippen molar-refractivity contribution in [3.63, 3.8) is 0 Å². The van der Waals surface area contributed by atoms with Crippen molar-refractivity contribution in [2.24, 2.45) is 0 Å². The van der Waals surface area contributed by atoms with Crippen LogP contribution < -0.4 is 5.32 Å². The van der Waals surface area contributed by atoms with Crippen LogP contribution in [-0.2, 0) is 4.79 Å². The van der Waals surface area contributed by atoms with Gasteiger partial charge < -0.3 is 20.2 Å². The molecule has 2 amide bonds.